The van der Waals surface area contributed by atoms with E-state index in [1.165, 1.54) is 0 Å². The van der Waals surface area contributed by atoms with Crippen molar-refractivity contribution < 1.29 is 14.3 Å². The van der Waals surface area contributed by atoms with Crippen LogP contribution in [0.2, 0.25) is 0 Å². The van der Waals surface area contributed by atoms with Gasteiger partial charge in [-0.25, -0.2) is 0 Å². The molecule has 0 aliphatic carbocycles. The minimum atomic E-state index is -0.0159. The molecule has 2 rings (SSSR count). The summed E-state index contributed by atoms with van der Waals surface area (Å²) in [6.07, 6.45) is 4.27. The summed E-state index contributed by atoms with van der Waals surface area (Å²) in [6.45, 7) is 7.89. The normalized spacial score (nSPS) is 16.1. The lowest BCUT2D eigenvalue weighted by Crippen LogP contribution is -2.40. The molecule has 1 saturated heterocycles. The van der Waals surface area contributed by atoms with Crippen molar-refractivity contribution in [3.8, 4) is 0 Å². The maximum absolute atomic E-state index is 13.3. The minimum Gasteiger partial charge on any atom is -0.377 e. The Morgan fingerprint density at radius 3 is 2.48 bits per heavy atom. The van der Waals surface area contributed by atoms with Gasteiger partial charge in [0.2, 0.25) is 11.8 Å². The fourth-order valence-electron chi connectivity index (χ4n) is 3.84. The van der Waals surface area contributed by atoms with Crippen molar-refractivity contribution in [1.82, 2.24) is 4.90 Å². The second-order valence-corrected chi connectivity index (χ2v) is 8.01. The Balaban J connectivity index is 2.31. The van der Waals surface area contributed by atoms with Gasteiger partial charge in [-0.3, -0.25) is 9.59 Å². The first-order valence-electron chi connectivity index (χ1n) is 10.9. The van der Waals surface area contributed by atoms with Crippen molar-refractivity contribution in [2.24, 2.45) is 5.92 Å². The van der Waals surface area contributed by atoms with Crippen LogP contribution in [-0.4, -0.2) is 50.1 Å². The lowest BCUT2D eigenvalue weighted by atomic mass is 10.0. The van der Waals surface area contributed by atoms with Crippen molar-refractivity contribution in [3.05, 3.63) is 23.8 Å². The van der Waals surface area contributed by atoms with Crippen molar-refractivity contribution in [2.75, 3.05) is 37.5 Å². The molecule has 1 N–H and O–H groups in total. The van der Waals surface area contributed by atoms with Crippen molar-refractivity contribution in [2.45, 2.75) is 65.5 Å². The van der Waals surface area contributed by atoms with Gasteiger partial charge < -0.3 is 19.9 Å². The fourth-order valence-corrected chi connectivity index (χ4v) is 3.84. The van der Waals surface area contributed by atoms with Crippen LogP contribution in [0.1, 0.15) is 58.4 Å². The van der Waals surface area contributed by atoms with Crippen molar-refractivity contribution in [3.63, 3.8) is 0 Å². The third kappa shape index (κ3) is 6.46. The second kappa shape index (κ2) is 11.2. The number of benzene rings is 1. The Kier molecular flexibility index (Phi) is 8.96. The molecule has 162 valence electrons. The van der Waals surface area contributed by atoms with Gasteiger partial charge in [0.15, 0.2) is 0 Å². The first-order valence-corrected chi connectivity index (χ1v) is 10.9. The van der Waals surface area contributed by atoms with Crippen LogP contribution in [-0.2, 0) is 20.9 Å². The van der Waals surface area contributed by atoms with Crippen LogP contribution in [0.3, 0.4) is 0 Å². The highest BCUT2D eigenvalue weighted by Gasteiger charge is 2.27. The summed E-state index contributed by atoms with van der Waals surface area (Å²) in [6, 6.07) is 5.91. The molecule has 29 heavy (non-hydrogen) atoms. The molecule has 0 aromatic heterocycles. The van der Waals surface area contributed by atoms with E-state index in [1.807, 2.05) is 49.0 Å². The van der Waals surface area contributed by atoms with Crippen LogP contribution in [0, 0.1) is 5.92 Å². The van der Waals surface area contributed by atoms with E-state index in [0.29, 0.717) is 19.5 Å². The molecule has 0 saturated carbocycles. The monoisotopic (exact) mass is 403 g/mol. The smallest absolute Gasteiger partial charge is 0.226 e. The number of nitrogens with one attached hydrogen (secondary N) is 1. The molecule has 1 aliphatic heterocycles. The van der Waals surface area contributed by atoms with Gasteiger partial charge in [0.05, 0.1) is 6.10 Å². The maximum Gasteiger partial charge on any atom is 0.226 e. The summed E-state index contributed by atoms with van der Waals surface area (Å²) in [4.78, 5) is 29.1. The average molecular weight is 404 g/mol. The highest BCUT2D eigenvalue weighted by Crippen LogP contribution is 2.27. The molecule has 0 bridgehead atoms. The lowest BCUT2D eigenvalue weighted by Gasteiger charge is -2.30. The lowest BCUT2D eigenvalue weighted by molar-refractivity contribution is -0.138. The average Bonchev–Trinajstić information content (AvgIpc) is 3.21. The Morgan fingerprint density at radius 2 is 1.93 bits per heavy atom. The van der Waals surface area contributed by atoms with Crippen LogP contribution in [0.4, 0.5) is 11.4 Å². The summed E-state index contributed by atoms with van der Waals surface area (Å²) in [7, 11) is 3.99. The number of carbonyl (C=O) groups is 2. The molecule has 1 aliphatic rings. The maximum atomic E-state index is 13.3. The molecule has 2 amide bonds. The third-order valence-electron chi connectivity index (χ3n) is 5.62. The van der Waals surface area contributed by atoms with Gasteiger partial charge in [0.1, 0.15) is 0 Å². The van der Waals surface area contributed by atoms with E-state index in [4.69, 9.17) is 4.74 Å². The van der Waals surface area contributed by atoms with Gasteiger partial charge in [-0.2, -0.15) is 0 Å². The number of rotatable bonds is 10. The predicted octanol–water partition coefficient (Wildman–Crippen LogP) is 4.04. The summed E-state index contributed by atoms with van der Waals surface area (Å²) >= 11 is 0. The Hall–Kier alpha value is -2.08. The van der Waals surface area contributed by atoms with Crippen LogP contribution in [0.15, 0.2) is 18.2 Å². The first kappa shape index (κ1) is 23.2. The van der Waals surface area contributed by atoms with Crippen molar-refractivity contribution >= 4 is 23.2 Å². The molecule has 0 radical (unpaired) electrons. The minimum absolute atomic E-state index is 0.0159. The molecule has 0 spiro atoms. The number of hydrogen-bond donors (Lipinski definition) is 1. The summed E-state index contributed by atoms with van der Waals surface area (Å²) < 4.78 is 5.83. The number of ether oxygens (including phenoxy) is 1. The molecule has 6 heteroatoms. The van der Waals surface area contributed by atoms with Gasteiger partial charge >= 0.3 is 0 Å². The van der Waals surface area contributed by atoms with E-state index in [1.54, 1.807) is 0 Å². The molecular weight excluding hydrogens is 366 g/mol. The van der Waals surface area contributed by atoms with Gasteiger partial charge in [-0.15, -0.1) is 0 Å². The SMILES string of the molecule is CCC(=O)Nc1ccc(N(C)C)c(CN(C[C@@H]2CCCO2)C(=O)C(CC)CC)c1. The zero-order valence-corrected chi connectivity index (χ0v) is 18.7. The Labute approximate surface area is 175 Å². The first-order chi connectivity index (χ1) is 13.9. The van der Waals surface area contributed by atoms with E-state index in [9.17, 15) is 9.59 Å². The summed E-state index contributed by atoms with van der Waals surface area (Å²) in [5, 5.41) is 2.93. The van der Waals surface area contributed by atoms with Crippen LogP contribution in [0.5, 0.6) is 0 Å². The highest BCUT2D eigenvalue weighted by molar-refractivity contribution is 5.91. The van der Waals surface area contributed by atoms with Gasteiger partial charge in [-0.1, -0.05) is 20.8 Å². The molecule has 1 aromatic carbocycles. The van der Waals surface area contributed by atoms with E-state index < -0.39 is 0 Å². The number of amides is 2. The predicted molar refractivity (Wildman–Crippen MR) is 118 cm³/mol. The van der Waals surface area contributed by atoms with E-state index in [0.717, 1.165) is 49.2 Å². The largest absolute Gasteiger partial charge is 0.377 e. The third-order valence-corrected chi connectivity index (χ3v) is 5.62. The highest BCUT2D eigenvalue weighted by atomic mass is 16.5. The molecule has 0 unspecified atom stereocenters. The molecule has 1 heterocycles. The van der Waals surface area contributed by atoms with Gasteiger partial charge in [0, 0.05) is 57.5 Å². The van der Waals surface area contributed by atoms with Gasteiger partial charge in [0.25, 0.3) is 0 Å². The van der Waals surface area contributed by atoms with Crippen LogP contribution >= 0.6 is 0 Å². The summed E-state index contributed by atoms with van der Waals surface area (Å²) in [5.74, 6) is 0.207. The van der Waals surface area contributed by atoms with Gasteiger partial charge in [-0.05, 0) is 49.4 Å². The standard InChI is InChI=1S/C23H37N3O3/c1-6-17(7-2)23(28)26(16-20-10-9-13-29-20)15-18-14-19(24-22(27)8-3)11-12-21(18)25(4)5/h11-12,14,17,20H,6-10,13,15-16H2,1-5H3,(H,24,27)/t20-/m0/s1. The molecule has 1 atom stereocenters. The fraction of sp³-hybridized carbons (Fsp3) is 0.652. The van der Waals surface area contributed by atoms with Crippen LogP contribution < -0.4 is 10.2 Å². The number of nitrogens with zero attached hydrogens (tertiary/aromatic N) is 2. The Morgan fingerprint density at radius 1 is 1.21 bits per heavy atom. The zero-order valence-electron chi connectivity index (χ0n) is 18.7. The molecule has 1 fully saturated rings. The van der Waals surface area contributed by atoms with Crippen molar-refractivity contribution in [1.29, 1.82) is 0 Å². The second-order valence-electron chi connectivity index (χ2n) is 8.01. The molecular formula is C23H37N3O3. The van der Waals surface area contributed by atoms with E-state index >= 15 is 0 Å². The number of anilines is 2. The number of hydrogen-bond acceptors (Lipinski definition) is 4. The summed E-state index contributed by atoms with van der Waals surface area (Å²) in [5.41, 5.74) is 2.85. The molecule has 1 aromatic rings. The topological polar surface area (TPSA) is 61.9 Å². The van der Waals surface area contributed by atoms with Crippen LogP contribution in [0.25, 0.3) is 0 Å². The molecule has 6 nitrogen and oxygen atoms in total. The Bertz CT molecular complexity index is 680. The number of carbonyl (C=O) groups excluding carboxylic acids is 2. The van der Waals surface area contributed by atoms with E-state index in [-0.39, 0.29) is 23.8 Å². The van der Waals surface area contributed by atoms with E-state index in [2.05, 4.69) is 19.2 Å². The zero-order chi connectivity index (χ0) is 21.4. The quantitative estimate of drug-likeness (QED) is 0.640.